The van der Waals surface area contributed by atoms with Gasteiger partial charge in [0.25, 0.3) is 0 Å². The van der Waals surface area contributed by atoms with E-state index in [1.165, 1.54) is 12.8 Å². The molecule has 1 heterocycles. The van der Waals surface area contributed by atoms with Crippen molar-refractivity contribution in [2.75, 3.05) is 13.2 Å². The Morgan fingerprint density at radius 3 is 2.23 bits per heavy atom. The van der Waals surface area contributed by atoms with Gasteiger partial charge in [0.15, 0.2) is 5.79 Å². The molecule has 0 amide bonds. The molecule has 0 aromatic carbocycles. The zero-order valence-electron chi connectivity index (χ0n) is 8.97. The second kappa shape index (κ2) is 5.61. The molecular weight excluding hydrogens is 164 g/mol. The van der Waals surface area contributed by atoms with Crippen molar-refractivity contribution in [3.8, 4) is 0 Å². The topological polar surface area (TPSA) is 18.5 Å². The van der Waals surface area contributed by atoms with Crippen LogP contribution in [0.3, 0.4) is 0 Å². The quantitative estimate of drug-likeness (QED) is 0.657. The van der Waals surface area contributed by atoms with Crippen molar-refractivity contribution in [3.63, 3.8) is 0 Å². The fourth-order valence-corrected chi connectivity index (χ4v) is 1.86. The number of hydrogen-bond donors (Lipinski definition) is 0. The van der Waals surface area contributed by atoms with Gasteiger partial charge in [-0.25, -0.2) is 0 Å². The molecule has 0 bridgehead atoms. The average Bonchev–Trinajstić information content (AvgIpc) is 2.17. The van der Waals surface area contributed by atoms with Gasteiger partial charge in [-0.2, -0.15) is 0 Å². The van der Waals surface area contributed by atoms with Crippen LogP contribution in [0.1, 0.15) is 52.4 Å². The second-order valence-electron chi connectivity index (χ2n) is 3.81. The summed E-state index contributed by atoms with van der Waals surface area (Å²) in [5.74, 6) is -0.219. The number of hydrogen-bond acceptors (Lipinski definition) is 2. The van der Waals surface area contributed by atoms with E-state index >= 15 is 0 Å². The van der Waals surface area contributed by atoms with Crippen molar-refractivity contribution < 1.29 is 9.47 Å². The first-order valence-electron chi connectivity index (χ1n) is 5.61. The molecule has 0 atom stereocenters. The lowest BCUT2D eigenvalue weighted by Gasteiger charge is -2.37. The van der Waals surface area contributed by atoms with E-state index in [0.29, 0.717) is 0 Å². The third kappa shape index (κ3) is 3.28. The molecule has 1 rings (SSSR count). The Morgan fingerprint density at radius 1 is 1.00 bits per heavy atom. The van der Waals surface area contributed by atoms with Crippen LogP contribution in [0.5, 0.6) is 0 Å². The summed E-state index contributed by atoms with van der Waals surface area (Å²) in [6.45, 7) is 6.16. The van der Waals surface area contributed by atoms with E-state index in [2.05, 4.69) is 13.8 Å². The highest BCUT2D eigenvalue weighted by molar-refractivity contribution is 4.72. The van der Waals surface area contributed by atoms with Crippen LogP contribution in [0.4, 0.5) is 0 Å². The Kier molecular flexibility index (Phi) is 4.74. The summed E-state index contributed by atoms with van der Waals surface area (Å²) >= 11 is 0. The van der Waals surface area contributed by atoms with Gasteiger partial charge in [0.1, 0.15) is 0 Å². The Bertz CT molecular complexity index is 123. The predicted octanol–water partition coefficient (Wildman–Crippen LogP) is 3.11. The van der Waals surface area contributed by atoms with Gasteiger partial charge in [-0.05, 0) is 12.8 Å². The van der Waals surface area contributed by atoms with Crippen LogP contribution in [-0.2, 0) is 9.47 Å². The minimum Gasteiger partial charge on any atom is -0.350 e. The van der Waals surface area contributed by atoms with Crippen LogP contribution in [0, 0.1) is 0 Å². The molecule has 0 unspecified atom stereocenters. The van der Waals surface area contributed by atoms with E-state index in [1.807, 2.05) is 0 Å². The summed E-state index contributed by atoms with van der Waals surface area (Å²) < 4.78 is 11.6. The van der Waals surface area contributed by atoms with Gasteiger partial charge in [-0.15, -0.1) is 0 Å². The summed E-state index contributed by atoms with van der Waals surface area (Å²) in [4.78, 5) is 0. The molecule has 0 aliphatic carbocycles. The van der Waals surface area contributed by atoms with Crippen molar-refractivity contribution in [3.05, 3.63) is 0 Å². The van der Waals surface area contributed by atoms with Gasteiger partial charge < -0.3 is 9.47 Å². The lowest BCUT2D eigenvalue weighted by atomic mass is 10.0. The third-order valence-electron chi connectivity index (χ3n) is 2.56. The van der Waals surface area contributed by atoms with E-state index in [1.54, 1.807) is 0 Å². The summed E-state index contributed by atoms with van der Waals surface area (Å²) in [5.41, 5.74) is 0. The highest BCUT2D eigenvalue weighted by Gasteiger charge is 2.32. The van der Waals surface area contributed by atoms with E-state index in [4.69, 9.17) is 9.47 Å². The van der Waals surface area contributed by atoms with Crippen LogP contribution >= 0.6 is 0 Å². The Morgan fingerprint density at radius 2 is 1.69 bits per heavy atom. The summed E-state index contributed by atoms with van der Waals surface area (Å²) in [6, 6.07) is 0. The smallest absolute Gasteiger partial charge is 0.168 e. The molecule has 0 aromatic rings. The first-order valence-corrected chi connectivity index (χ1v) is 5.61. The van der Waals surface area contributed by atoms with E-state index in [0.717, 1.165) is 38.9 Å². The molecule has 0 spiro atoms. The maximum atomic E-state index is 5.79. The van der Waals surface area contributed by atoms with Crippen LogP contribution in [0.15, 0.2) is 0 Å². The minimum atomic E-state index is -0.219. The molecule has 2 nitrogen and oxygen atoms in total. The number of unbranched alkanes of at least 4 members (excludes halogenated alkanes) is 1. The molecule has 78 valence electrons. The molecular formula is C11H22O2. The maximum absolute atomic E-state index is 5.79. The van der Waals surface area contributed by atoms with Crippen LogP contribution in [-0.4, -0.2) is 19.0 Å². The Labute approximate surface area is 81.6 Å². The van der Waals surface area contributed by atoms with Gasteiger partial charge in [0.2, 0.25) is 0 Å². The third-order valence-corrected chi connectivity index (χ3v) is 2.56. The standard InChI is InChI=1S/C11H22O2/c1-3-5-8-11(7-4-2)12-9-6-10-13-11/h3-10H2,1-2H3. The molecule has 2 heteroatoms. The molecule has 0 saturated carbocycles. The van der Waals surface area contributed by atoms with Crippen molar-refractivity contribution in [2.24, 2.45) is 0 Å². The summed E-state index contributed by atoms with van der Waals surface area (Å²) in [5, 5.41) is 0. The van der Waals surface area contributed by atoms with Crippen LogP contribution in [0.2, 0.25) is 0 Å². The fourth-order valence-electron chi connectivity index (χ4n) is 1.86. The molecule has 1 aliphatic heterocycles. The Balaban J connectivity index is 2.40. The molecule has 0 radical (unpaired) electrons. The monoisotopic (exact) mass is 186 g/mol. The highest BCUT2D eigenvalue weighted by Crippen LogP contribution is 2.29. The van der Waals surface area contributed by atoms with E-state index < -0.39 is 0 Å². The summed E-state index contributed by atoms with van der Waals surface area (Å²) in [6.07, 6.45) is 6.74. The van der Waals surface area contributed by atoms with E-state index in [9.17, 15) is 0 Å². The van der Waals surface area contributed by atoms with Crippen molar-refractivity contribution in [1.29, 1.82) is 0 Å². The zero-order chi connectivity index (χ0) is 9.57. The molecule has 1 fully saturated rings. The van der Waals surface area contributed by atoms with Gasteiger partial charge in [0.05, 0.1) is 13.2 Å². The Hall–Kier alpha value is -0.0800. The van der Waals surface area contributed by atoms with Gasteiger partial charge >= 0.3 is 0 Å². The zero-order valence-corrected chi connectivity index (χ0v) is 8.97. The van der Waals surface area contributed by atoms with Gasteiger partial charge in [-0.3, -0.25) is 0 Å². The lowest BCUT2D eigenvalue weighted by molar-refractivity contribution is -0.274. The maximum Gasteiger partial charge on any atom is 0.168 e. The normalized spacial score (nSPS) is 21.7. The number of ether oxygens (including phenoxy) is 2. The molecule has 1 aliphatic rings. The molecule has 13 heavy (non-hydrogen) atoms. The highest BCUT2D eigenvalue weighted by atomic mass is 16.7. The average molecular weight is 186 g/mol. The van der Waals surface area contributed by atoms with E-state index in [-0.39, 0.29) is 5.79 Å². The van der Waals surface area contributed by atoms with Crippen molar-refractivity contribution in [2.45, 2.75) is 58.2 Å². The van der Waals surface area contributed by atoms with Crippen molar-refractivity contribution in [1.82, 2.24) is 0 Å². The minimum absolute atomic E-state index is 0.219. The fraction of sp³-hybridized carbons (Fsp3) is 1.00. The summed E-state index contributed by atoms with van der Waals surface area (Å²) in [7, 11) is 0. The first-order chi connectivity index (χ1) is 6.33. The molecule has 1 saturated heterocycles. The number of rotatable bonds is 5. The SMILES string of the molecule is CCCCC1(CCC)OCCCO1. The molecule has 0 N–H and O–H groups in total. The van der Waals surface area contributed by atoms with Crippen molar-refractivity contribution >= 4 is 0 Å². The van der Waals surface area contributed by atoms with Gasteiger partial charge in [0, 0.05) is 12.8 Å². The second-order valence-corrected chi connectivity index (χ2v) is 3.81. The largest absolute Gasteiger partial charge is 0.350 e. The van der Waals surface area contributed by atoms with Crippen LogP contribution in [0.25, 0.3) is 0 Å². The lowest BCUT2D eigenvalue weighted by Crippen LogP contribution is -2.40. The van der Waals surface area contributed by atoms with Gasteiger partial charge in [-0.1, -0.05) is 26.7 Å². The first kappa shape index (κ1) is 11.0. The predicted molar refractivity (Wildman–Crippen MR) is 53.7 cm³/mol. The van der Waals surface area contributed by atoms with Crippen LogP contribution < -0.4 is 0 Å². The molecule has 0 aromatic heterocycles.